The van der Waals surface area contributed by atoms with Crippen molar-refractivity contribution in [3.05, 3.63) is 0 Å². The highest BCUT2D eigenvalue weighted by Crippen LogP contribution is 2.38. The fourth-order valence-corrected chi connectivity index (χ4v) is 3.76. The van der Waals surface area contributed by atoms with Crippen molar-refractivity contribution in [3.63, 3.8) is 0 Å². The summed E-state index contributed by atoms with van der Waals surface area (Å²) in [4.78, 5) is 0. The molecule has 0 aromatic rings. The SMILES string of the molecule is CCCCCCOC1(CBr)CCC(CCC)CC1. The molecule has 0 spiro atoms. The lowest BCUT2D eigenvalue weighted by molar-refractivity contribution is -0.0617. The van der Waals surface area contributed by atoms with Crippen molar-refractivity contribution in [1.82, 2.24) is 0 Å². The van der Waals surface area contributed by atoms with E-state index in [0.717, 1.165) is 17.9 Å². The van der Waals surface area contributed by atoms with Crippen molar-refractivity contribution in [2.75, 3.05) is 11.9 Å². The second-order valence-electron chi connectivity index (χ2n) is 5.96. The highest BCUT2D eigenvalue weighted by atomic mass is 79.9. The van der Waals surface area contributed by atoms with E-state index in [0.29, 0.717) is 0 Å². The van der Waals surface area contributed by atoms with E-state index in [1.54, 1.807) is 0 Å². The first-order chi connectivity index (χ1) is 8.76. The number of ether oxygens (including phenoxy) is 1. The van der Waals surface area contributed by atoms with Crippen LogP contribution in [-0.4, -0.2) is 17.5 Å². The summed E-state index contributed by atoms with van der Waals surface area (Å²) >= 11 is 3.68. The summed E-state index contributed by atoms with van der Waals surface area (Å²) in [7, 11) is 0. The second-order valence-corrected chi connectivity index (χ2v) is 6.52. The van der Waals surface area contributed by atoms with Gasteiger partial charge in [0.25, 0.3) is 0 Å². The molecule has 1 aliphatic rings. The van der Waals surface area contributed by atoms with Gasteiger partial charge < -0.3 is 4.74 Å². The average Bonchev–Trinajstić information content (AvgIpc) is 2.41. The molecule has 1 aliphatic carbocycles. The standard InChI is InChI=1S/C16H31BrO/c1-3-5-6-7-13-18-16(14-17)11-9-15(8-4-2)10-12-16/h15H,3-14H2,1-2H3. The molecule has 0 aromatic carbocycles. The van der Waals surface area contributed by atoms with Gasteiger partial charge in [0.2, 0.25) is 0 Å². The first kappa shape index (κ1) is 16.5. The van der Waals surface area contributed by atoms with E-state index in [4.69, 9.17) is 4.74 Å². The molecule has 0 saturated heterocycles. The minimum atomic E-state index is 0.163. The van der Waals surface area contributed by atoms with Crippen molar-refractivity contribution < 1.29 is 4.74 Å². The summed E-state index contributed by atoms with van der Waals surface area (Å²) in [6.45, 7) is 5.52. The third kappa shape index (κ3) is 5.61. The van der Waals surface area contributed by atoms with Gasteiger partial charge in [0.1, 0.15) is 0 Å². The molecule has 0 N–H and O–H groups in total. The summed E-state index contributed by atoms with van der Waals surface area (Å²) < 4.78 is 6.25. The molecular weight excluding hydrogens is 288 g/mol. The average molecular weight is 319 g/mol. The van der Waals surface area contributed by atoms with Crippen LogP contribution in [0.15, 0.2) is 0 Å². The highest BCUT2D eigenvalue weighted by molar-refractivity contribution is 9.09. The Morgan fingerprint density at radius 1 is 1.06 bits per heavy atom. The zero-order chi connectivity index (χ0) is 13.3. The Kier molecular flexibility index (Phi) is 8.58. The Bertz CT molecular complexity index is 197. The molecule has 0 atom stereocenters. The van der Waals surface area contributed by atoms with Crippen LogP contribution in [0, 0.1) is 5.92 Å². The van der Waals surface area contributed by atoms with Crippen LogP contribution in [0.25, 0.3) is 0 Å². The minimum absolute atomic E-state index is 0.163. The quantitative estimate of drug-likeness (QED) is 0.391. The molecule has 1 rings (SSSR count). The third-order valence-electron chi connectivity index (χ3n) is 4.36. The van der Waals surface area contributed by atoms with Gasteiger partial charge in [-0.3, -0.25) is 0 Å². The maximum Gasteiger partial charge on any atom is 0.0779 e. The van der Waals surface area contributed by atoms with Gasteiger partial charge in [-0.05, 0) is 38.0 Å². The predicted octanol–water partition coefficient (Wildman–Crippen LogP) is 5.71. The van der Waals surface area contributed by atoms with E-state index in [1.807, 2.05) is 0 Å². The Morgan fingerprint density at radius 2 is 1.78 bits per heavy atom. The lowest BCUT2D eigenvalue weighted by atomic mass is 9.78. The van der Waals surface area contributed by atoms with E-state index in [2.05, 4.69) is 29.8 Å². The monoisotopic (exact) mass is 318 g/mol. The van der Waals surface area contributed by atoms with Crippen molar-refractivity contribution >= 4 is 15.9 Å². The number of alkyl halides is 1. The Balaban J connectivity index is 2.23. The normalized spacial score (nSPS) is 28.5. The van der Waals surface area contributed by atoms with Crippen LogP contribution in [0.3, 0.4) is 0 Å². The smallest absolute Gasteiger partial charge is 0.0779 e. The molecule has 108 valence electrons. The van der Waals surface area contributed by atoms with Crippen LogP contribution in [0.5, 0.6) is 0 Å². The number of hydrogen-bond acceptors (Lipinski definition) is 1. The Morgan fingerprint density at radius 3 is 2.33 bits per heavy atom. The van der Waals surface area contributed by atoms with Gasteiger partial charge in [0.15, 0.2) is 0 Å². The van der Waals surface area contributed by atoms with Crippen LogP contribution in [0.2, 0.25) is 0 Å². The number of hydrogen-bond donors (Lipinski definition) is 0. The van der Waals surface area contributed by atoms with E-state index < -0.39 is 0 Å². The van der Waals surface area contributed by atoms with Gasteiger partial charge >= 0.3 is 0 Å². The maximum absolute atomic E-state index is 6.25. The van der Waals surface area contributed by atoms with Crippen molar-refractivity contribution in [2.24, 2.45) is 5.92 Å². The topological polar surface area (TPSA) is 9.23 Å². The molecule has 2 heteroatoms. The van der Waals surface area contributed by atoms with Crippen molar-refractivity contribution in [3.8, 4) is 0 Å². The van der Waals surface area contributed by atoms with Gasteiger partial charge in [-0.1, -0.05) is 61.9 Å². The Labute approximate surface area is 122 Å². The summed E-state index contributed by atoms with van der Waals surface area (Å²) in [6.07, 6.45) is 13.2. The Hall–Kier alpha value is 0.440. The number of halogens is 1. The fourth-order valence-electron chi connectivity index (χ4n) is 3.03. The largest absolute Gasteiger partial charge is 0.374 e. The summed E-state index contributed by atoms with van der Waals surface area (Å²) in [5.74, 6) is 0.964. The molecule has 0 aromatic heterocycles. The molecule has 0 radical (unpaired) electrons. The summed E-state index contributed by atoms with van der Waals surface area (Å²) in [6, 6.07) is 0. The highest BCUT2D eigenvalue weighted by Gasteiger charge is 2.34. The molecule has 0 unspecified atom stereocenters. The molecule has 0 aliphatic heterocycles. The molecule has 0 bridgehead atoms. The molecule has 0 heterocycles. The van der Waals surface area contributed by atoms with Gasteiger partial charge in [-0.25, -0.2) is 0 Å². The third-order valence-corrected chi connectivity index (χ3v) is 5.38. The van der Waals surface area contributed by atoms with Crippen LogP contribution in [0.1, 0.15) is 78.1 Å². The summed E-state index contributed by atoms with van der Waals surface area (Å²) in [5.41, 5.74) is 0.163. The molecule has 0 amide bonds. The van der Waals surface area contributed by atoms with E-state index in [-0.39, 0.29) is 5.60 Å². The van der Waals surface area contributed by atoms with Crippen LogP contribution < -0.4 is 0 Å². The second kappa shape index (κ2) is 9.36. The van der Waals surface area contributed by atoms with Crippen molar-refractivity contribution in [1.29, 1.82) is 0 Å². The minimum Gasteiger partial charge on any atom is -0.374 e. The zero-order valence-corrected chi connectivity index (χ0v) is 13.9. The van der Waals surface area contributed by atoms with Crippen LogP contribution >= 0.6 is 15.9 Å². The summed E-state index contributed by atoms with van der Waals surface area (Å²) in [5, 5.41) is 1.02. The van der Waals surface area contributed by atoms with E-state index in [1.165, 1.54) is 64.2 Å². The van der Waals surface area contributed by atoms with Crippen LogP contribution in [-0.2, 0) is 4.74 Å². The predicted molar refractivity (Wildman–Crippen MR) is 83.5 cm³/mol. The van der Waals surface area contributed by atoms with Crippen LogP contribution in [0.4, 0.5) is 0 Å². The maximum atomic E-state index is 6.25. The molecule has 18 heavy (non-hydrogen) atoms. The number of rotatable bonds is 9. The molecule has 1 fully saturated rings. The van der Waals surface area contributed by atoms with E-state index in [9.17, 15) is 0 Å². The van der Waals surface area contributed by atoms with Gasteiger partial charge in [-0.2, -0.15) is 0 Å². The van der Waals surface area contributed by atoms with E-state index >= 15 is 0 Å². The lowest BCUT2D eigenvalue weighted by Gasteiger charge is -2.39. The fraction of sp³-hybridized carbons (Fsp3) is 1.00. The van der Waals surface area contributed by atoms with Gasteiger partial charge in [0.05, 0.1) is 5.60 Å². The lowest BCUT2D eigenvalue weighted by Crippen LogP contribution is -2.39. The molecule has 1 saturated carbocycles. The first-order valence-electron chi connectivity index (χ1n) is 7.96. The first-order valence-corrected chi connectivity index (χ1v) is 9.08. The van der Waals surface area contributed by atoms with Gasteiger partial charge in [0, 0.05) is 11.9 Å². The number of unbranched alkanes of at least 4 members (excludes halogenated alkanes) is 3. The van der Waals surface area contributed by atoms with Gasteiger partial charge in [-0.15, -0.1) is 0 Å². The zero-order valence-electron chi connectivity index (χ0n) is 12.3. The van der Waals surface area contributed by atoms with Crippen molar-refractivity contribution in [2.45, 2.75) is 83.7 Å². The molecule has 1 nitrogen and oxygen atoms in total. The molecular formula is C16H31BrO.